The predicted molar refractivity (Wildman–Crippen MR) is 78.0 cm³/mol. The summed E-state index contributed by atoms with van der Waals surface area (Å²) in [6.45, 7) is 4.13. The number of nitrogens with one attached hydrogen (secondary N) is 1. The monoisotopic (exact) mass is 324 g/mol. The van der Waals surface area contributed by atoms with E-state index in [9.17, 15) is 0 Å². The van der Waals surface area contributed by atoms with Crippen molar-refractivity contribution in [3.8, 4) is 11.3 Å². The predicted octanol–water partition coefficient (Wildman–Crippen LogP) is 3.15. The summed E-state index contributed by atoms with van der Waals surface area (Å²) in [5.41, 5.74) is 2.23. The number of aromatic nitrogens is 1. The van der Waals surface area contributed by atoms with E-state index in [4.69, 9.17) is 9.15 Å². The average molecular weight is 325 g/mol. The highest BCUT2D eigenvalue weighted by Gasteiger charge is 2.08. The number of oxazole rings is 1. The third kappa shape index (κ3) is 3.89. The van der Waals surface area contributed by atoms with Crippen LogP contribution in [0.4, 0.5) is 0 Å². The number of benzene rings is 1. The average Bonchev–Trinajstić information content (AvgIpc) is 2.83. The number of halogens is 1. The van der Waals surface area contributed by atoms with E-state index in [2.05, 4.69) is 39.2 Å². The largest absolute Gasteiger partial charge is 0.439 e. The molecule has 0 aliphatic carbocycles. The highest BCUT2D eigenvalue weighted by molar-refractivity contribution is 9.10. The summed E-state index contributed by atoms with van der Waals surface area (Å²) in [5, 5.41) is 3.20. The maximum atomic E-state index is 5.74. The van der Waals surface area contributed by atoms with Gasteiger partial charge in [-0.25, -0.2) is 4.98 Å². The van der Waals surface area contributed by atoms with Crippen LogP contribution in [0.2, 0.25) is 0 Å². The molecule has 1 N–H and O–H groups in total. The molecule has 2 rings (SSSR count). The first-order valence-corrected chi connectivity index (χ1v) is 6.91. The van der Waals surface area contributed by atoms with Crippen LogP contribution >= 0.6 is 15.9 Å². The molecule has 102 valence electrons. The van der Waals surface area contributed by atoms with Gasteiger partial charge in [0.05, 0.1) is 19.3 Å². The van der Waals surface area contributed by atoms with Crippen LogP contribution in [-0.2, 0) is 11.3 Å². The Bertz CT molecular complexity index is 540. The third-order valence-electron chi connectivity index (χ3n) is 2.77. The second-order valence-electron chi connectivity index (χ2n) is 4.25. The van der Waals surface area contributed by atoms with E-state index in [1.54, 1.807) is 13.3 Å². The third-order valence-corrected chi connectivity index (χ3v) is 3.26. The molecule has 0 aliphatic rings. The van der Waals surface area contributed by atoms with Gasteiger partial charge in [0.15, 0.2) is 5.76 Å². The maximum absolute atomic E-state index is 5.74. The smallest absolute Gasteiger partial charge is 0.208 e. The molecule has 1 heterocycles. The zero-order valence-electron chi connectivity index (χ0n) is 11.1. The SMILES string of the molecule is COCCNCc1ncc(-c2ccc(Br)cc2C)o1. The topological polar surface area (TPSA) is 47.3 Å². The fraction of sp³-hybridized carbons (Fsp3) is 0.357. The van der Waals surface area contributed by atoms with Gasteiger partial charge in [0.2, 0.25) is 5.89 Å². The van der Waals surface area contributed by atoms with Crippen LogP contribution in [0.3, 0.4) is 0 Å². The summed E-state index contributed by atoms with van der Waals surface area (Å²) in [7, 11) is 1.68. The fourth-order valence-electron chi connectivity index (χ4n) is 1.79. The lowest BCUT2D eigenvalue weighted by Crippen LogP contribution is -2.18. The molecule has 0 bridgehead atoms. The number of rotatable bonds is 6. The molecular weight excluding hydrogens is 308 g/mol. The quantitative estimate of drug-likeness (QED) is 0.829. The molecule has 0 amide bonds. The minimum Gasteiger partial charge on any atom is -0.439 e. The molecule has 2 aromatic rings. The molecule has 0 radical (unpaired) electrons. The molecule has 0 fully saturated rings. The van der Waals surface area contributed by atoms with Crippen LogP contribution in [0.15, 0.2) is 33.3 Å². The fourth-order valence-corrected chi connectivity index (χ4v) is 2.27. The Morgan fingerprint density at radius 2 is 2.26 bits per heavy atom. The lowest BCUT2D eigenvalue weighted by molar-refractivity contribution is 0.198. The van der Waals surface area contributed by atoms with Gasteiger partial charge in [-0.15, -0.1) is 0 Å². The van der Waals surface area contributed by atoms with E-state index in [1.807, 2.05) is 12.1 Å². The van der Waals surface area contributed by atoms with Gasteiger partial charge in [-0.05, 0) is 30.7 Å². The highest BCUT2D eigenvalue weighted by atomic mass is 79.9. The van der Waals surface area contributed by atoms with Gasteiger partial charge >= 0.3 is 0 Å². The van der Waals surface area contributed by atoms with Gasteiger partial charge in [-0.2, -0.15) is 0 Å². The Morgan fingerprint density at radius 1 is 1.42 bits per heavy atom. The van der Waals surface area contributed by atoms with Crippen molar-refractivity contribution in [2.75, 3.05) is 20.3 Å². The van der Waals surface area contributed by atoms with Gasteiger partial charge in [-0.3, -0.25) is 0 Å². The Morgan fingerprint density at radius 3 is 3.00 bits per heavy atom. The summed E-state index contributed by atoms with van der Waals surface area (Å²) in [6.07, 6.45) is 1.77. The Kier molecular flexibility index (Phi) is 5.13. The molecule has 4 nitrogen and oxygen atoms in total. The van der Waals surface area contributed by atoms with Gasteiger partial charge in [0.25, 0.3) is 0 Å². The Labute approximate surface area is 121 Å². The van der Waals surface area contributed by atoms with Crippen LogP contribution in [-0.4, -0.2) is 25.2 Å². The molecule has 1 aromatic heterocycles. The molecule has 0 saturated heterocycles. The first kappa shape index (κ1) is 14.2. The number of hydrogen-bond acceptors (Lipinski definition) is 4. The lowest BCUT2D eigenvalue weighted by Gasteiger charge is -2.03. The standard InChI is InChI=1S/C14H17BrN2O2/c1-10-7-11(15)3-4-12(10)13-8-17-14(19-13)9-16-5-6-18-2/h3-4,7-8,16H,5-6,9H2,1-2H3. The van der Waals surface area contributed by atoms with Gasteiger partial charge in [-0.1, -0.05) is 15.9 Å². The minimum absolute atomic E-state index is 0.610. The highest BCUT2D eigenvalue weighted by Crippen LogP contribution is 2.26. The zero-order chi connectivity index (χ0) is 13.7. The van der Waals surface area contributed by atoms with Crippen molar-refractivity contribution in [1.82, 2.24) is 10.3 Å². The maximum Gasteiger partial charge on any atom is 0.208 e. The van der Waals surface area contributed by atoms with Crippen molar-refractivity contribution < 1.29 is 9.15 Å². The van der Waals surface area contributed by atoms with Crippen LogP contribution in [0.1, 0.15) is 11.5 Å². The normalized spacial score (nSPS) is 10.9. The number of aryl methyl sites for hydroxylation is 1. The lowest BCUT2D eigenvalue weighted by atomic mass is 10.1. The van der Waals surface area contributed by atoms with E-state index < -0.39 is 0 Å². The van der Waals surface area contributed by atoms with Crippen molar-refractivity contribution in [3.05, 3.63) is 40.3 Å². The molecule has 1 aromatic carbocycles. The van der Waals surface area contributed by atoms with E-state index in [-0.39, 0.29) is 0 Å². The van der Waals surface area contributed by atoms with Crippen LogP contribution < -0.4 is 5.32 Å². The molecule has 5 heteroatoms. The molecule has 0 atom stereocenters. The molecule has 0 aliphatic heterocycles. The van der Waals surface area contributed by atoms with E-state index >= 15 is 0 Å². The van der Waals surface area contributed by atoms with Crippen molar-refractivity contribution in [3.63, 3.8) is 0 Å². The van der Waals surface area contributed by atoms with E-state index in [1.165, 1.54) is 0 Å². The summed E-state index contributed by atoms with van der Waals surface area (Å²) in [6, 6.07) is 6.10. The Hall–Kier alpha value is -1.17. The van der Waals surface area contributed by atoms with Crippen LogP contribution in [0.5, 0.6) is 0 Å². The minimum atomic E-state index is 0.610. The summed E-state index contributed by atoms with van der Waals surface area (Å²) in [5.74, 6) is 1.49. The zero-order valence-corrected chi connectivity index (χ0v) is 12.7. The van der Waals surface area contributed by atoms with Crippen LogP contribution in [0.25, 0.3) is 11.3 Å². The van der Waals surface area contributed by atoms with Crippen molar-refractivity contribution >= 4 is 15.9 Å². The van der Waals surface area contributed by atoms with Crippen molar-refractivity contribution in [1.29, 1.82) is 0 Å². The van der Waals surface area contributed by atoms with Gasteiger partial charge in [0.1, 0.15) is 0 Å². The second kappa shape index (κ2) is 6.84. The second-order valence-corrected chi connectivity index (χ2v) is 5.16. The first-order valence-electron chi connectivity index (χ1n) is 6.11. The van der Waals surface area contributed by atoms with Gasteiger partial charge in [0, 0.05) is 23.7 Å². The van der Waals surface area contributed by atoms with E-state index in [0.717, 1.165) is 27.9 Å². The van der Waals surface area contributed by atoms with E-state index in [0.29, 0.717) is 19.0 Å². The molecular formula is C14H17BrN2O2. The van der Waals surface area contributed by atoms with Gasteiger partial charge < -0.3 is 14.5 Å². The first-order chi connectivity index (χ1) is 9.20. The number of ether oxygens (including phenoxy) is 1. The summed E-state index contributed by atoms with van der Waals surface area (Å²) >= 11 is 3.45. The molecule has 0 spiro atoms. The number of methoxy groups -OCH3 is 1. The van der Waals surface area contributed by atoms with Crippen molar-refractivity contribution in [2.24, 2.45) is 0 Å². The van der Waals surface area contributed by atoms with Crippen LogP contribution in [0, 0.1) is 6.92 Å². The number of nitrogens with zero attached hydrogens (tertiary/aromatic N) is 1. The summed E-state index contributed by atoms with van der Waals surface area (Å²) in [4.78, 5) is 4.27. The van der Waals surface area contributed by atoms with Crippen molar-refractivity contribution in [2.45, 2.75) is 13.5 Å². The Balaban J connectivity index is 2.04. The molecule has 0 saturated carbocycles. The molecule has 19 heavy (non-hydrogen) atoms. The summed E-state index contributed by atoms with van der Waals surface area (Å²) < 4.78 is 11.8. The number of hydrogen-bond donors (Lipinski definition) is 1. The molecule has 0 unspecified atom stereocenters.